The minimum atomic E-state index is -0.402. The largest absolute Gasteiger partial charge is 0.352 e. The molecule has 0 aliphatic heterocycles. The Morgan fingerprint density at radius 3 is 2.41 bits per heavy atom. The molecule has 0 unspecified atom stereocenters. The van der Waals surface area contributed by atoms with Crippen LogP contribution in [0, 0.1) is 12.3 Å². The molecule has 0 saturated carbocycles. The lowest BCUT2D eigenvalue weighted by Crippen LogP contribution is -2.35. The Morgan fingerprint density at radius 2 is 1.68 bits per heavy atom. The second-order valence-electron chi connectivity index (χ2n) is 8.11. The van der Waals surface area contributed by atoms with E-state index in [1.54, 1.807) is 16.8 Å². The average Bonchev–Trinajstić information content (AvgIpc) is 2.86. The third kappa shape index (κ3) is 3.77. The van der Waals surface area contributed by atoms with Crippen molar-refractivity contribution in [3.05, 3.63) is 118 Å². The predicted octanol–water partition coefficient (Wildman–Crippen LogP) is 3.40. The van der Waals surface area contributed by atoms with Crippen LogP contribution in [0.4, 0.5) is 0 Å². The molecule has 2 N–H and O–H groups in total. The number of hydrogen-bond acceptors (Lipinski definition) is 4. The van der Waals surface area contributed by atoms with E-state index in [4.69, 9.17) is 10.4 Å². The fraction of sp³-hybridized carbons (Fsp3) is 0.111. The van der Waals surface area contributed by atoms with Gasteiger partial charge >= 0.3 is 0 Å². The molecule has 0 aliphatic rings. The third-order valence-electron chi connectivity index (χ3n) is 5.84. The maximum absolute atomic E-state index is 13.4. The summed E-state index contributed by atoms with van der Waals surface area (Å²) in [6.07, 6.45) is 2.33. The molecule has 0 spiro atoms. The van der Waals surface area contributed by atoms with Crippen LogP contribution in [0.2, 0.25) is 0 Å². The van der Waals surface area contributed by atoms with E-state index >= 15 is 0 Å². The van der Waals surface area contributed by atoms with Gasteiger partial charge in [0.15, 0.2) is 5.65 Å². The number of nitrogens with one attached hydrogen (secondary N) is 2. The van der Waals surface area contributed by atoms with Gasteiger partial charge in [0, 0.05) is 18.4 Å². The van der Waals surface area contributed by atoms with E-state index < -0.39 is 5.91 Å². The van der Waals surface area contributed by atoms with Crippen LogP contribution >= 0.6 is 0 Å². The number of nitrogens with zero attached hydrogens (tertiary/aromatic N) is 3. The number of amides is 1. The summed E-state index contributed by atoms with van der Waals surface area (Å²) in [5.74, 6) is -0.402. The second-order valence-corrected chi connectivity index (χ2v) is 8.11. The summed E-state index contributed by atoms with van der Waals surface area (Å²) in [4.78, 5) is 31.3. The van der Waals surface area contributed by atoms with Crippen molar-refractivity contribution < 1.29 is 4.79 Å². The number of aromatic nitrogens is 3. The summed E-state index contributed by atoms with van der Waals surface area (Å²) < 4.78 is 3.04. The van der Waals surface area contributed by atoms with Crippen LogP contribution < -0.4 is 16.4 Å². The molecule has 0 aliphatic carbocycles. The highest BCUT2D eigenvalue weighted by Crippen LogP contribution is 2.16. The molecule has 2 aromatic carbocycles. The Morgan fingerprint density at radius 1 is 0.971 bits per heavy atom. The fourth-order valence-corrected chi connectivity index (χ4v) is 4.10. The van der Waals surface area contributed by atoms with E-state index in [0.717, 1.165) is 11.1 Å². The molecule has 34 heavy (non-hydrogen) atoms. The number of benzene rings is 2. The van der Waals surface area contributed by atoms with Gasteiger partial charge in [0.1, 0.15) is 11.1 Å². The molecule has 0 saturated heterocycles. The summed E-state index contributed by atoms with van der Waals surface area (Å²) in [7, 11) is 0. The van der Waals surface area contributed by atoms with Crippen LogP contribution in [-0.4, -0.2) is 26.4 Å². The molecule has 168 valence electrons. The topological polar surface area (TPSA) is 92.3 Å². The monoisotopic (exact) mass is 449 g/mol. The van der Waals surface area contributed by atoms with Gasteiger partial charge in [-0.3, -0.25) is 24.0 Å². The number of fused-ring (bicyclic) bond motifs is 2. The zero-order chi connectivity index (χ0) is 23.7. The molecular formula is C27H23N5O2. The van der Waals surface area contributed by atoms with Crippen LogP contribution in [0.5, 0.6) is 0 Å². The quantitative estimate of drug-likeness (QED) is 0.403. The fourth-order valence-electron chi connectivity index (χ4n) is 4.10. The third-order valence-corrected chi connectivity index (χ3v) is 5.84. The van der Waals surface area contributed by atoms with Crippen molar-refractivity contribution in [2.75, 3.05) is 6.54 Å². The molecule has 3 aromatic heterocycles. The highest BCUT2D eigenvalue weighted by atomic mass is 16.1. The highest BCUT2D eigenvalue weighted by Gasteiger charge is 2.18. The molecule has 5 aromatic rings. The Balaban J connectivity index is 1.67. The molecule has 0 bridgehead atoms. The number of carbonyl (C=O) groups is 1. The van der Waals surface area contributed by atoms with Crippen LogP contribution in [0.25, 0.3) is 22.4 Å². The lowest BCUT2D eigenvalue weighted by atomic mass is 10.1. The smallest absolute Gasteiger partial charge is 0.267 e. The minimum absolute atomic E-state index is 0.0271. The SMILES string of the molecule is Cc1cccn2c(=O)c3cc(C(=O)NCCc4ccccc4)c(=N)n(-c4ccccc4)c3nc12. The first kappa shape index (κ1) is 21.3. The number of para-hydroxylation sites is 1. The predicted molar refractivity (Wildman–Crippen MR) is 131 cm³/mol. The van der Waals surface area contributed by atoms with Gasteiger partial charge in [0.25, 0.3) is 11.5 Å². The highest BCUT2D eigenvalue weighted by molar-refractivity contribution is 5.97. The minimum Gasteiger partial charge on any atom is -0.352 e. The molecular weight excluding hydrogens is 426 g/mol. The van der Waals surface area contributed by atoms with Gasteiger partial charge in [-0.2, -0.15) is 0 Å². The van der Waals surface area contributed by atoms with Crippen LogP contribution in [0.15, 0.2) is 89.9 Å². The van der Waals surface area contributed by atoms with Crippen molar-refractivity contribution in [1.29, 1.82) is 5.41 Å². The van der Waals surface area contributed by atoms with Gasteiger partial charge in [-0.15, -0.1) is 0 Å². The van der Waals surface area contributed by atoms with Gasteiger partial charge in [0.2, 0.25) is 0 Å². The van der Waals surface area contributed by atoms with Crippen LogP contribution in [0.3, 0.4) is 0 Å². The molecule has 0 fully saturated rings. The van der Waals surface area contributed by atoms with Gasteiger partial charge < -0.3 is 5.32 Å². The summed E-state index contributed by atoms with van der Waals surface area (Å²) in [5.41, 5.74) is 3.27. The molecule has 0 radical (unpaired) electrons. The number of carbonyl (C=O) groups excluding carboxylic acids is 1. The molecule has 3 heterocycles. The van der Waals surface area contributed by atoms with Gasteiger partial charge in [-0.25, -0.2) is 4.98 Å². The van der Waals surface area contributed by atoms with Gasteiger partial charge in [-0.1, -0.05) is 54.6 Å². The van der Waals surface area contributed by atoms with Crippen molar-refractivity contribution in [2.24, 2.45) is 0 Å². The molecule has 7 heteroatoms. The lowest BCUT2D eigenvalue weighted by Gasteiger charge is -2.15. The number of aryl methyl sites for hydroxylation is 1. The Bertz CT molecular complexity index is 1640. The second kappa shape index (κ2) is 8.78. The normalized spacial score (nSPS) is 11.1. The first-order valence-electron chi connectivity index (χ1n) is 11.0. The van der Waals surface area contributed by atoms with E-state index in [2.05, 4.69) is 5.32 Å². The Hall–Kier alpha value is -4.52. The zero-order valence-electron chi connectivity index (χ0n) is 18.7. The summed E-state index contributed by atoms with van der Waals surface area (Å²) in [6, 6.07) is 24.2. The van der Waals surface area contributed by atoms with E-state index in [1.165, 1.54) is 10.5 Å². The van der Waals surface area contributed by atoms with Crippen molar-refractivity contribution in [2.45, 2.75) is 13.3 Å². The van der Waals surface area contributed by atoms with Crippen molar-refractivity contribution in [3.63, 3.8) is 0 Å². The first-order chi connectivity index (χ1) is 16.5. The van der Waals surface area contributed by atoms with Crippen molar-refractivity contribution in [1.82, 2.24) is 19.3 Å². The van der Waals surface area contributed by atoms with Crippen LogP contribution in [-0.2, 0) is 6.42 Å². The number of pyridine rings is 2. The molecule has 1 amide bonds. The Labute approximate surface area is 195 Å². The molecule has 5 rings (SSSR count). The summed E-state index contributed by atoms with van der Waals surface area (Å²) in [6.45, 7) is 2.30. The average molecular weight is 450 g/mol. The van der Waals surface area contributed by atoms with Crippen molar-refractivity contribution in [3.8, 4) is 5.69 Å². The van der Waals surface area contributed by atoms with Crippen molar-refractivity contribution >= 4 is 22.6 Å². The van der Waals surface area contributed by atoms with E-state index in [-0.39, 0.29) is 22.0 Å². The number of rotatable bonds is 5. The Kier molecular flexibility index (Phi) is 5.51. The maximum atomic E-state index is 13.4. The number of hydrogen-bond donors (Lipinski definition) is 2. The molecule has 7 nitrogen and oxygen atoms in total. The maximum Gasteiger partial charge on any atom is 0.267 e. The van der Waals surface area contributed by atoms with E-state index in [1.807, 2.05) is 73.7 Å². The van der Waals surface area contributed by atoms with Gasteiger partial charge in [0.05, 0.1) is 10.9 Å². The summed E-state index contributed by atoms with van der Waals surface area (Å²) >= 11 is 0. The zero-order valence-corrected chi connectivity index (χ0v) is 18.7. The van der Waals surface area contributed by atoms with E-state index in [9.17, 15) is 9.59 Å². The lowest BCUT2D eigenvalue weighted by molar-refractivity contribution is 0.0952. The standard InChI is InChI=1S/C27H23N5O2/c1-18-9-8-16-31-24(18)30-25-22(27(31)34)17-21(23(28)32(25)20-12-6-3-7-13-20)26(33)29-15-14-19-10-4-2-5-11-19/h2-13,16-17,28H,14-15H2,1H3,(H,29,33). The summed E-state index contributed by atoms with van der Waals surface area (Å²) in [5, 5.41) is 12.1. The molecule has 0 atom stereocenters. The van der Waals surface area contributed by atoms with Crippen LogP contribution in [0.1, 0.15) is 21.5 Å². The van der Waals surface area contributed by atoms with Gasteiger partial charge in [-0.05, 0) is 48.7 Å². The first-order valence-corrected chi connectivity index (χ1v) is 11.0. The van der Waals surface area contributed by atoms with E-state index in [0.29, 0.717) is 29.9 Å².